The number of carbonyl (C=O) groups is 1. The molecular weight excluding hydrogens is 553 g/mol. The van der Waals surface area contributed by atoms with Gasteiger partial charge in [-0.25, -0.2) is 4.57 Å². The van der Waals surface area contributed by atoms with Gasteiger partial charge in [-0.2, -0.15) is 0 Å². The van der Waals surface area contributed by atoms with Gasteiger partial charge in [0.2, 0.25) is 0 Å². The fourth-order valence-electron chi connectivity index (χ4n) is 4.64. The van der Waals surface area contributed by atoms with Crippen molar-refractivity contribution in [2.75, 3.05) is 33.0 Å². The summed E-state index contributed by atoms with van der Waals surface area (Å²) in [6, 6.07) is 0. The summed E-state index contributed by atoms with van der Waals surface area (Å²) in [7, 11) is -4.26. The lowest BCUT2D eigenvalue weighted by molar-refractivity contribution is -0.154. The molecular formula is C33H66NO7P. The van der Waals surface area contributed by atoms with Crippen LogP contribution in [-0.4, -0.2) is 49.9 Å². The standard InChI is InChI=1S/C33H66NO7P/c1-3-5-7-9-11-12-13-14-15-16-17-18-19-21-23-25-28-38-30-32(31-40-42(36,37)39-29-27-34)41-33(35)26-24-22-20-10-8-6-4-2/h14-15,32H,3-13,16-31,34H2,1-2H3,(H,36,37)/b15-14-. The zero-order valence-corrected chi connectivity index (χ0v) is 28.1. The maximum absolute atomic E-state index is 12.4. The molecule has 9 heteroatoms. The number of hydrogen-bond donors (Lipinski definition) is 2. The summed E-state index contributed by atoms with van der Waals surface area (Å²) >= 11 is 0. The van der Waals surface area contributed by atoms with Crippen LogP contribution >= 0.6 is 7.82 Å². The Morgan fingerprint density at radius 2 is 1.19 bits per heavy atom. The van der Waals surface area contributed by atoms with Crippen LogP contribution in [0.15, 0.2) is 12.2 Å². The van der Waals surface area contributed by atoms with Crippen molar-refractivity contribution in [2.45, 2.75) is 161 Å². The van der Waals surface area contributed by atoms with Gasteiger partial charge in [0.25, 0.3) is 0 Å². The molecule has 8 nitrogen and oxygen atoms in total. The number of esters is 1. The second-order valence-corrected chi connectivity index (χ2v) is 12.8. The molecule has 0 heterocycles. The Hall–Kier alpha value is -0.760. The number of phosphoric ester groups is 1. The molecule has 0 aliphatic carbocycles. The maximum Gasteiger partial charge on any atom is 0.472 e. The summed E-state index contributed by atoms with van der Waals surface area (Å²) in [5.41, 5.74) is 5.33. The van der Waals surface area contributed by atoms with Crippen LogP contribution in [0.25, 0.3) is 0 Å². The Morgan fingerprint density at radius 1 is 0.690 bits per heavy atom. The molecule has 0 aromatic rings. The Labute approximate surface area is 258 Å². The van der Waals surface area contributed by atoms with E-state index in [1.165, 1.54) is 103 Å². The molecule has 0 saturated heterocycles. The number of phosphoric acid groups is 1. The summed E-state index contributed by atoms with van der Waals surface area (Å²) in [5.74, 6) is -0.339. The maximum atomic E-state index is 12.4. The average Bonchev–Trinajstić information content (AvgIpc) is 2.97. The van der Waals surface area contributed by atoms with E-state index in [0.717, 1.165) is 32.1 Å². The van der Waals surface area contributed by atoms with Crippen molar-refractivity contribution in [3.8, 4) is 0 Å². The third-order valence-corrected chi connectivity index (χ3v) is 8.17. The SMILES string of the molecule is CCCCCCCC/C=C\CCCCCCCCOCC(COP(=O)(O)OCCN)OC(=O)CCCCCCCCC. The summed E-state index contributed by atoms with van der Waals surface area (Å²) in [5, 5.41) is 0. The molecule has 2 atom stereocenters. The van der Waals surface area contributed by atoms with Gasteiger partial charge in [0.15, 0.2) is 0 Å². The summed E-state index contributed by atoms with van der Waals surface area (Å²) < 4.78 is 33.1. The van der Waals surface area contributed by atoms with Gasteiger partial charge in [-0.1, -0.05) is 122 Å². The van der Waals surface area contributed by atoms with E-state index in [9.17, 15) is 14.3 Å². The van der Waals surface area contributed by atoms with Gasteiger partial charge in [0, 0.05) is 19.6 Å². The highest BCUT2D eigenvalue weighted by atomic mass is 31.2. The minimum absolute atomic E-state index is 0.0943. The van der Waals surface area contributed by atoms with Crippen LogP contribution in [0.5, 0.6) is 0 Å². The van der Waals surface area contributed by atoms with Crippen LogP contribution in [0, 0.1) is 0 Å². The highest BCUT2D eigenvalue weighted by Crippen LogP contribution is 2.43. The Bertz CT molecular complexity index is 662. The van der Waals surface area contributed by atoms with Crippen LogP contribution in [0.4, 0.5) is 0 Å². The zero-order valence-electron chi connectivity index (χ0n) is 27.2. The van der Waals surface area contributed by atoms with Crippen molar-refractivity contribution in [3.05, 3.63) is 12.2 Å². The molecule has 0 bridgehead atoms. The van der Waals surface area contributed by atoms with Crippen molar-refractivity contribution in [1.29, 1.82) is 0 Å². The Kier molecular flexibility index (Phi) is 31.1. The van der Waals surface area contributed by atoms with E-state index in [1.807, 2.05) is 0 Å². The van der Waals surface area contributed by atoms with E-state index < -0.39 is 13.9 Å². The van der Waals surface area contributed by atoms with Gasteiger partial charge in [0.05, 0.1) is 19.8 Å². The normalized spacial score (nSPS) is 13.9. The highest BCUT2D eigenvalue weighted by molar-refractivity contribution is 7.47. The first-order valence-corrected chi connectivity index (χ1v) is 18.7. The number of nitrogens with two attached hydrogens (primary N) is 1. The number of ether oxygens (including phenoxy) is 2. The largest absolute Gasteiger partial charge is 0.472 e. The lowest BCUT2D eigenvalue weighted by Gasteiger charge is -2.20. The molecule has 0 amide bonds. The predicted molar refractivity (Wildman–Crippen MR) is 174 cm³/mol. The van der Waals surface area contributed by atoms with Crippen molar-refractivity contribution < 1.29 is 32.8 Å². The Balaban J connectivity index is 4.04. The fourth-order valence-corrected chi connectivity index (χ4v) is 5.40. The second-order valence-electron chi connectivity index (χ2n) is 11.4. The summed E-state index contributed by atoms with van der Waals surface area (Å²) in [6.45, 7) is 4.86. The van der Waals surface area contributed by atoms with Crippen LogP contribution in [0.2, 0.25) is 0 Å². The molecule has 0 spiro atoms. The van der Waals surface area contributed by atoms with Crippen molar-refractivity contribution in [1.82, 2.24) is 0 Å². The molecule has 2 unspecified atom stereocenters. The number of allylic oxidation sites excluding steroid dienone is 2. The monoisotopic (exact) mass is 619 g/mol. The van der Waals surface area contributed by atoms with Crippen LogP contribution < -0.4 is 5.73 Å². The molecule has 0 aromatic carbocycles. The number of rotatable bonds is 33. The number of hydrogen-bond acceptors (Lipinski definition) is 7. The van der Waals surface area contributed by atoms with E-state index in [4.69, 9.17) is 24.3 Å². The molecule has 0 radical (unpaired) electrons. The van der Waals surface area contributed by atoms with E-state index in [0.29, 0.717) is 13.0 Å². The molecule has 3 N–H and O–H groups in total. The molecule has 0 aliphatic rings. The molecule has 0 aromatic heterocycles. The minimum atomic E-state index is -4.26. The van der Waals surface area contributed by atoms with Crippen LogP contribution in [-0.2, 0) is 27.9 Å². The third kappa shape index (κ3) is 30.7. The number of unbranched alkanes of at least 4 members (excludes halogenated alkanes) is 18. The first kappa shape index (κ1) is 41.2. The molecule has 0 fully saturated rings. The molecule has 42 heavy (non-hydrogen) atoms. The number of carbonyl (C=O) groups excluding carboxylic acids is 1. The predicted octanol–water partition coefficient (Wildman–Crippen LogP) is 9.19. The molecule has 0 rings (SSSR count). The summed E-state index contributed by atoms with van der Waals surface area (Å²) in [6.07, 6.45) is 29.5. The van der Waals surface area contributed by atoms with E-state index >= 15 is 0 Å². The van der Waals surface area contributed by atoms with Crippen molar-refractivity contribution in [3.63, 3.8) is 0 Å². The third-order valence-electron chi connectivity index (χ3n) is 7.18. The van der Waals surface area contributed by atoms with Gasteiger partial charge < -0.3 is 20.1 Å². The van der Waals surface area contributed by atoms with Gasteiger partial charge in [-0.15, -0.1) is 0 Å². The minimum Gasteiger partial charge on any atom is -0.457 e. The topological polar surface area (TPSA) is 117 Å². The van der Waals surface area contributed by atoms with E-state index in [2.05, 4.69) is 26.0 Å². The van der Waals surface area contributed by atoms with Crippen molar-refractivity contribution >= 4 is 13.8 Å². The fraction of sp³-hybridized carbons (Fsp3) is 0.909. The van der Waals surface area contributed by atoms with Gasteiger partial charge in [-0.3, -0.25) is 13.8 Å². The molecule has 250 valence electrons. The van der Waals surface area contributed by atoms with Crippen LogP contribution in [0.3, 0.4) is 0 Å². The average molecular weight is 620 g/mol. The van der Waals surface area contributed by atoms with Gasteiger partial charge >= 0.3 is 13.8 Å². The first-order valence-electron chi connectivity index (χ1n) is 17.2. The highest BCUT2D eigenvalue weighted by Gasteiger charge is 2.25. The van der Waals surface area contributed by atoms with E-state index in [-0.39, 0.29) is 32.3 Å². The van der Waals surface area contributed by atoms with Crippen LogP contribution in [0.1, 0.15) is 155 Å². The smallest absolute Gasteiger partial charge is 0.457 e. The lowest BCUT2D eigenvalue weighted by Crippen LogP contribution is -2.28. The zero-order chi connectivity index (χ0) is 31.0. The quantitative estimate of drug-likeness (QED) is 0.0323. The molecule has 0 saturated carbocycles. The van der Waals surface area contributed by atoms with Crippen molar-refractivity contribution in [2.24, 2.45) is 5.73 Å². The Morgan fingerprint density at radius 3 is 1.74 bits per heavy atom. The van der Waals surface area contributed by atoms with Gasteiger partial charge in [-0.05, 0) is 38.5 Å². The van der Waals surface area contributed by atoms with Gasteiger partial charge in [0.1, 0.15) is 6.10 Å². The van der Waals surface area contributed by atoms with E-state index in [1.54, 1.807) is 0 Å². The first-order chi connectivity index (χ1) is 20.4. The summed E-state index contributed by atoms with van der Waals surface area (Å²) in [4.78, 5) is 22.1. The molecule has 0 aliphatic heterocycles. The second kappa shape index (κ2) is 31.7. The lowest BCUT2D eigenvalue weighted by atomic mass is 10.1.